The lowest BCUT2D eigenvalue weighted by Gasteiger charge is -2.23. The van der Waals surface area contributed by atoms with Crippen LogP contribution in [0.25, 0.3) is 0 Å². The average Bonchev–Trinajstić information content (AvgIpc) is 2.81. The van der Waals surface area contributed by atoms with Crippen LogP contribution in [-0.2, 0) is 14.3 Å². The first kappa shape index (κ1) is 17.0. The van der Waals surface area contributed by atoms with Crippen LogP contribution < -0.4 is 5.32 Å². The second-order valence-corrected chi connectivity index (χ2v) is 5.60. The van der Waals surface area contributed by atoms with Crippen LogP contribution in [-0.4, -0.2) is 49.6 Å². The maximum Gasteiger partial charge on any atom is 0.225 e. The van der Waals surface area contributed by atoms with Gasteiger partial charge in [0.1, 0.15) is 0 Å². The van der Waals surface area contributed by atoms with E-state index in [4.69, 9.17) is 4.74 Å². The molecule has 0 aromatic rings. The zero-order valence-electron chi connectivity index (χ0n) is 13.0. The summed E-state index contributed by atoms with van der Waals surface area (Å²) in [6.07, 6.45) is 4.90. The van der Waals surface area contributed by atoms with E-state index in [2.05, 4.69) is 12.2 Å². The van der Waals surface area contributed by atoms with Gasteiger partial charge in [-0.05, 0) is 13.3 Å². The predicted octanol–water partition coefficient (Wildman–Crippen LogP) is 1.57. The first-order chi connectivity index (χ1) is 9.60. The molecule has 0 radical (unpaired) electrons. The number of unbranched alkanes of at least 4 members (excludes halogenated alkanes) is 3. The monoisotopic (exact) mass is 284 g/mol. The fourth-order valence-electron chi connectivity index (χ4n) is 2.57. The standard InChI is InChI=1S/C15H28N2O3/c1-4-5-6-7-8-16-15(19)13-9-14(18)17(10-13)12(2)11-20-3/h12-13H,4-11H2,1-3H3,(H,16,19)/t12-,13-/m1/s1. The molecule has 1 heterocycles. The highest BCUT2D eigenvalue weighted by molar-refractivity contribution is 5.89. The summed E-state index contributed by atoms with van der Waals surface area (Å²) < 4.78 is 5.07. The van der Waals surface area contributed by atoms with Gasteiger partial charge in [0, 0.05) is 26.6 Å². The van der Waals surface area contributed by atoms with E-state index in [1.165, 1.54) is 12.8 Å². The Kier molecular flexibility index (Phi) is 7.59. The van der Waals surface area contributed by atoms with Gasteiger partial charge in [0.2, 0.25) is 11.8 Å². The highest BCUT2D eigenvalue weighted by Gasteiger charge is 2.36. The topological polar surface area (TPSA) is 58.6 Å². The van der Waals surface area contributed by atoms with Gasteiger partial charge in [-0.3, -0.25) is 9.59 Å². The molecular weight excluding hydrogens is 256 g/mol. The summed E-state index contributed by atoms with van der Waals surface area (Å²) in [4.78, 5) is 25.7. The molecule has 0 bridgehead atoms. The van der Waals surface area contributed by atoms with Crippen molar-refractivity contribution in [3.63, 3.8) is 0 Å². The molecule has 20 heavy (non-hydrogen) atoms. The molecule has 2 amide bonds. The predicted molar refractivity (Wildman–Crippen MR) is 78.3 cm³/mol. The molecule has 1 rings (SSSR count). The number of methoxy groups -OCH3 is 1. The smallest absolute Gasteiger partial charge is 0.225 e. The third kappa shape index (κ3) is 5.12. The van der Waals surface area contributed by atoms with Crippen LogP contribution in [0.2, 0.25) is 0 Å². The summed E-state index contributed by atoms with van der Waals surface area (Å²) >= 11 is 0. The Morgan fingerprint density at radius 1 is 1.45 bits per heavy atom. The van der Waals surface area contributed by atoms with Gasteiger partial charge >= 0.3 is 0 Å². The van der Waals surface area contributed by atoms with E-state index in [9.17, 15) is 9.59 Å². The van der Waals surface area contributed by atoms with Gasteiger partial charge in [-0.1, -0.05) is 26.2 Å². The maximum absolute atomic E-state index is 12.0. The van der Waals surface area contributed by atoms with Gasteiger partial charge in [-0.2, -0.15) is 0 Å². The molecule has 1 aliphatic rings. The van der Waals surface area contributed by atoms with Crippen LogP contribution in [0.3, 0.4) is 0 Å². The van der Waals surface area contributed by atoms with Gasteiger partial charge in [-0.25, -0.2) is 0 Å². The molecular formula is C15H28N2O3. The third-order valence-electron chi connectivity index (χ3n) is 3.80. The largest absolute Gasteiger partial charge is 0.383 e. The van der Waals surface area contributed by atoms with Crippen LogP contribution in [0.5, 0.6) is 0 Å². The number of nitrogens with zero attached hydrogens (tertiary/aromatic N) is 1. The Morgan fingerprint density at radius 2 is 2.20 bits per heavy atom. The molecule has 1 aliphatic heterocycles. The molecule has 0 aromatic carbocycles. The Bertz CT molecular complexity index is 320. The van der Waals surface area contributed by atoms with Crippen molar-refractivity contribution in [2.45, 2.75) is 52.0 Å². The first-order valence-electron chi connectivity index (χ1n) is 7.66. The van der Waals surface area contributed by atoms with Crippen molar-refractivity contribution in [1.82, 2.24) is 10.2 Å². The van der Waals surface area contributed by atoms with Gasteiger partial charge < -0.3 is 15.0 Å². The Morgan fingerprint density at radius 3 is 2.85 bits per heavy atom. The first-order valence-corrected chi connectivity index (χ1v) is 7.66. The number of amides is 2. The zero-order chi connectivity index (χ0) is 15.0. The van der Waals surface area contributed by atoms with Crippen molar-refractivity contribution in [3.8, 4) is 0 Å². The SMILES string of the molecule is CCCCCCNC(=O)[C@@H]1CC(=O)N([C@H](C)COC)C1. The van der Waals surface area contributed by atoms with E-state index in [1.807, 2.05) is 6.92 Å². The summed E-state index contributed by atoms with van der Waals surface area (Å²) in [5.74, 6) is -0.129. The van der Waals surface area contributed by atoms with Gasteiger partial charge in [-0.15, -0.1) is 0 Å². The van der Waals surface area contributed by atoms with Crippen molar-refractivity contribution in [2.24, 2.45) is 5.92 Å². The number of nitrogens with one attached hydrogen (secondary N) is 1. The maximum atomic E-state index is 12.0. The lowest BCUT2D eigenvalue weighted by Crippen LogP contribution is -2.39. The van der Waals surface area contributed by atoms with E-state index >= 15 is 0 Å². The summed E-state index contributed by atoms with van der Waals surface area (Å²) in [5, 5.41) is 2.95. The Hall–Kier alpha value is -1.10. The van der Waals surface area contributed by atoms with Crippen molar-refractivity contribution in [2.75, 3.05) is 26.8 Å². The Labute approximate surface area is 122 Å². The average molecular weight is 284 g/mol. The third-order valence-corrected chi connectivity index (χ3v) is 3.80. The van der Waals surface area contributed by atoms with E-state index < -0.39 is 0 Å². The number of hydrogen-bond acceptors (Lipinski definition) is 3. The van der Waals surface area contributed by atoms with Crippen LogP contribution >= 0.6 is 0 Å². The molecule has 0 spiro atoms. The molecule has 0 aromatic heterocycles. The van der Waals surface area contributed by atoms with Crippen molar-refractivity contribution in [3.05, 3.63) is 0 Å². The highest BCUT2D eigenvalue weighted by Crippen LogP contribution is 2.20. The van der Waals surface area contributed by atoms with Gasteiger partial charge in [0.15, 0.2) is 0 Å². The number of carbonyl (C=O) groups is 2. The minimum absolute atomic E-state index is 0.0157. The molecule has 116 valence electrons. The number of rotatable bonds is 9. The lowest BCUT2D eigenvalue weighted by molar-refractivity contribution is -0.130. The number of likely N-dealkylation sites (tertiary alicyclic amines) is 1. The molecule has 5 heteroatoms. The summed E-state index contributed by atoms with van der Waals surface area (Å²) in [7, 11) is 1.62. The van der Waals surface area contributed by atoms with Crippen LogP contribution in [0.4, 0.5) is 0 Å². The van der Waals surface area contributed by atoms with Crippen LogP contribution in [0.15, 0.2) is 0 Å². The van der Waals surface area contributed by atoms with E-state index in [0.29, 0.717) is 19.6 Å². The number of hydrogen-bond donors (Lipinski definition) is 1. The summed E-state index contributed by atoms with van der Waals surface area (Å²) in [6.45, 7) is 5.86. The quantitative estimate of drug-likeness (QED) is 0.654. The molecule has 5 nitrogen and oxygen atoms in total. The van der Waals surface area contributed by atoms with Crippen molar-refractivity contribution >= 4 is 11.8 Å². The second kappa shape index (κ2) is 8.95. The Balaban J connectivity index is 2.30. The van der Waals surface area contributed by atoms with E-state index in [0.717, 1.165) is 19.4 Å². The molecule has 1 saturated heterocycles. The fraction of sp³-hybridized carbons (Fsp3) is 0.867. The van der Waals surface area contributed by atoms with Gasteiger partial charge in [0.05, 0.1) is 18.6 Å². The van der Waals surface area contributed by atoms with E-state index in [-0.39, 0.29) is 23.8 Å². The van der Waals surface area contributed by atoms with Crippen LogP contribution in [0, 0.1) is 5.92 Å². The molecule has 1 N–H and O–H groups in total. The molecule has 0 saturated carbocycles. The minimum Gasteiger partial charge on any atom is -0.383 e. The summed E-state index contributed by atoms with van der Waals surface area (Å²) in [5.41, 5.74) is 0. The second-order valence-electron chi connectivity index (χ2n) is 5.60. The zero-order valence-corrected chi connectivity index (χ0v) is 13.0. The lowest BCUT2D eigenvalue weighted by atomic mass is 10.1. The van der Waals surface area contributed by atoms with Gasteiger partial charge in [0.25, 0.3) is 0 Å². The molecule has 0 aliphatic carbocycles. The highest BCUT2D eigenvalue weighted by atomic mass is 16.5. The fourth-order valence-corrected chi connectivity index (χ4v) is 2.57. The van der Waals surface area contributed by atoms with Crippen LogP contribution in [0.1, 0.15) is 46.0 Å². The minimum atomic E-state index is -0.201. The number of carbonyl (C=O) groups excluding carboxylic acids is 2. The van der Waals surface area contributed by atoms with E-state index in [1.54, 1.807) is 12.0 Å². The summed E-state index contributed by atoms with van der Waals surface area (Å²) in [6, 6.07) is 0.0369. The normalized spacial score (nSPS) is 20.2. The molecule has 1 fully saturated rings. The van der Waals surface area contributed by atoms with Crippen molar-refractivity contribution < 1.29 is 14.3 Å². The molecule has 0 unspecified atom stereocenters. The van der Waals surface area contributed by atoms with Crippen molar-refractivity contribution in [1.29, 1.82) is 0 Å². The molecule has 2 atom stereocenters. The number of ether oxygens (including phenoxy) is 1.